The van der Waals surface area contributed by atoms with E-state index in [0.717, 1.165) is 16.7 Å². The van der Waals surface area contributed by atoms with Crippen molar-refractivity contribution in [1.82, 2.24) is 0 Å². The predicted molar refractivity (Wildman–Crippen MR) is 71.7 cm³/mol. The summed E-state index contributed by atoms with van der Waals surface area (Å²) in [6.07, 6.45) is 0. The van der Waals surface area contributed by atoms with Crippen LogP contribution in [0, 0.1) is 0 Å². The minimum Gasteiger partial charge on any atom is -0.516 e. The Bertz CT molecular complexity index is 420. The van der Waals surface area contributed by atoms with Gasteiger partial charge in [0.05, 0.1) is 5.56 Å². The zero-order valence-corrected chi connectivity index (χ0v) is 12.3. The van der Waals surface area contributed by atoms with Gasteiger partial charge in [0.25, 0.3) is 0 Å². The molecule has 0 unspecified atom stereocenters. The lowest BCUT2D eigenvalue weighted by Gasteiger charge is -2.17. The van der Waals surface area contributed by atoms with Crippen LogP contribution in [0.25, 0.3) is 0 Å². The van der Waals surface area contributed by atoms with Crippen LogP contribution in [0.15, 0.2) is 29.2 Å². The van der Waals surface area contributed by atoms with Gasteiger partial charge in [-0.2, -0.15) is 0 Å². The van der Waals surface area contributed by atoms with Crippen LogP contribution in [0.3, 0.4) is 0 Å². The molecule has 0 radical (unpaired) electrons. The van der Waals surface area contributed by atoms with Crippen molar-refractivity contribution in [2.45, 2.75) is 31.5 Å². The van der Waals surface area contributed by atoms with E-state index < -0.39 is 8.32 Å². The summed E-state index contributed by atoms with van der Waals surface area (Å²) >= 11 is 1.15. The predicted octanol–water partition coefficient (Wildman–Crippen LogP) is 3.32. The van der Waals surface area contributed by atoms with Gasteiger partial charge in [-0.25, -0.2) is 4.79 Å². The lowest BCUT2D eigenvalue weighted by atomic mass is 10.2. The Hall–Kier alpha value is -1.07. The lowest BCUT2D eigenvalue weighted by Crippen LogP contribution is -2.29. The van der Waals surface area contributed by atoms with Gasteiger partial charge in [-0.05, 0) is 43.9 Å². The fourth-order valence-electron chi connectivity index (χ4n) is 1.16. The number of carbonyl (C=O) groups is 2. The Morgan fingerprint density at radius 3 is 2.06 bits per heavy atom. The molecular weight excluding hydrogens is 252 g/mol. The third kappa shape index (κ3) is 5.19. The number of benzene rings is 1. The third-order valence-corrected chi connectivity index (χ3v) is 3.34. The normalized spacial score (nSPS) is 11.1. The minimum atomic E-state index is -1.85. The first kappa shape index (κ1) is 14.0. The molecule has 5 heteroatoms. The van der Waals surface area contributed by atoms with Gasteiger partial charge in [0, 0.05) is 11.8 Å². The molecule has 0 amide bonds. The van der Waals surface area contributed by atoms with E-state index in [1.165, 1.54) is 6.92 Å². The molecule has 0 aliphatic carbocycles. The van der Waals surface area contributed by atoms with Crippen molar-refractivity contribution in [3.63, 3.8) is 0 Å². The van der Waals surface area contributed by atoms with Crippen molar-refractivity contribution in [2.75, 3.05) is 0 Å². The SMILES string of the molecule is CC(=O)Sc1ccc(C(=O)O[Si](C)(C)C)cc1. The molecule has 0 atom stereocenters. The van der Waals surface area contributed by atoms with Crippen molar-refractivity contribution >= 4 is 31.2 Å². The largest absolute Gasteiger partial charge is 0.516 e. The van der Waals surface area contributed by atoms with Crippen molar-refractivity contribution in [2.24, 2.45) is 0 Å². The monoisotopic (exact) mass is 268 g/mol. The van der Waals surface area contributed by atoms with E-state index in [-0.39, 0.29) is 11.1 Å². The Kier molecular flexibility index (Phi) is 4.53. The second-order valence-electron chi connectivity index (χ2n) is 4.62. The molecule has 0 heterocycles. The molecule has 1 aromatic carbocycles. The average Bonchev–Trinajstić information content (AvgIpc) is 2.15. The summed E-state index contributed by atoms with van der Waals surface area (Å²) in [4.78, 5) is 23.5. The van der Waals surface area contributed by atoms with Crippen LogP contribution in [-0.4, -0.2) is 19.4 Å². The van der Waals surface area contributed by atoms with E-state index in [1.807, 2.05) is 19.6 Å². The maximum absolute atomic E-state index is 11.7. The maximum Gasteiger partial charge on any atom is 0.324 e. The first-order valence-electron chi connectivity index (χ1n) is 5.30. The topological polar surface area (TPSA) is 43.4 Å². The molecule has 3 nitrogen and oxygen atoms in total. The summed E-state index contributed by atoms with van der Waals surface area (Å²) in [5.74, 6) is -0.288. The molecule has 1 aromatic rings. The molecule has 0 fully saturated rings. The zero-order chi connectivity index (χ0) is 13.1. The number of hydrogen-bond acceptors (Lipinski definition) is 4. The van der Waals surface area contributed by atoms with Crippen LogP contribution in [0.4, 0.5) is 0 Å². The van der Waals surface area contributed by atoms with Gasteiger partial charge in [-0.3, -0.25) is 4.79 Å². The van der Waals surface area contributed by atoms with E-state index in [4.69, 9.17) is 4.43 Å². The number of thioether (sulfide) groups is 1. The zero-order valence-electron chi connectivity index (χ0n) is 10.4. The first-order chi connectivity index (χ1) is 7.78. The smallest absolute Gasteiger partial charge is 0.324 e. The second-order valence-corrected chi connectivity index (χ2v) is 10.3. The van der Waals surface area contributed by atoms with E-state index >= 15 is 0 Å². The van der Waals surface area contributed by atoms with E-state index in [1.54, 1.807) is 24.3 Å². The van der Waals surface area contributed by atoms with Crippen molar-refractivity contribution in [3.8, 4) is 0 Å². The van der Waals surface area contributed by atoms with Gasteiger partial charge in [0.15, 0.2) is 5.12 Å². The highest BCUT2D eigenvalue weighted by molar-refractivity contribution is 8.13. The summed E-state index contributed by atoms with van der Waals surface area (Å²) in [6, 6.07) is 6.89. The lowest BCUT2D eigenvalue weighted by molar-refractivity contribution is -0.109. The number of rotatable bonds is 3. The van der Waals surface area contributed by atoms with E-state index in [9.17, 15) is 9.59 Å². The Morgan fingerprint density at radius 2 is 1.65 bits per heavy atom. The maximum atomic E-state index is 11.7. The van der Waals surface area contributed by atoms with Crippen LogP contribution < -0.4 is 0 Å². The Balaban J connectivity index is 2.74. The molecule has 1 rings (SSSR count). The minimum absolute atomic E-state index is 0.0300. The molecule has 92 valence electrons. The van der Waals surface area contributed by atoms with Crippen LogP contribution in [-0.2, 0) is 9.22 Å². The standard InChI is InChI=1S/C12H16O3SSi/c1-9(13)16-11-7-5-10(6-8-11)12(14)15-17(2,3)4/h5-8H,1-4H3. The van der Waals surface area contributed by atoms with Crippen molar-refractivity contribution < 1.29 is 14.0 Å². The summed E-state index contributed by atoms with van der Waals surface area (Å²) < 4.78 is 5.37. The highest BCUT2D eigenvalue weighted by Crippen LogP contribution is 2.19. The highest BCUT2D eigenvalue weighted by atomic mass is 32.2. The highest BCUT2D eigenvalue weighted by Gasteiger charge is 2.20. The molecule has 0 N–H and O–H groups in total. The Morgan fingerprint density at radius 1 is 1.12 bits per heavy atom. The summed E-state index contributed by atoms with van der Waals surface area (Å²) in [5.41, 5.74) is 0.528. The second kappa shape index (κ2) is 5.51. The molecule has 0 bridgehead atoms. The van der Waals surface area contributed by atoms with Gasteiger partial charge in [-0.15, -0.1) is 0 Å². The molecule has 0 aliphatic heterocycles. The molecule has 0 aromatic heterocycles. The average molecular weight is 268 g/mol. The van der Waals surface area contributed by atoms with Gasteiger partial charge < -0.3 is 4.43 Å². The number of carbonyl (C=O) groups excluding carboxylic acids is 2. The molecule has 17 heavy (non-hydrogen) atoms. The summed E-state index contributed by atoms with van der Waals surface area (Å²) in [6.45, 7) is 7.40. The number of hydrogen-bond donors (Lipinski definition) is 0. The fourth-order valence-corrected chi connectivity index (χ4v) is 2.44. The van der Waals surface area contributed by atoms with Gasteiger partial charge >= 0.3 is 5.97 Å². The van der Waals surface area contributed by atoms with Crippen LogP contribution in [0.5, 0.6) is 0 Å². The summed E-state index contributed by atoms with van der Waals surface area (Å²) in [7, 11) is -1.85. The molecule has 0 aliphatic rings. The van der Waals surface area contributed by atoms with Gasteiger partial charge in [-0.1, -0.05) is 11.8 Å². The fraction of sp³-hybridized carbons (Fsp3) is 0.333. The van der Waals surface area contributed by atoms with Crippen LogP contribution in [0.2, 0.25) is 19.6 Å². The van der Waals surface area contributed by atoms with Gasteiger partial charge in [0.1, 0.15) is 0 Å². The van der Waals surface area contributed by atoms with Crippen LogP contribution in [0.1, 0.15) is 17.3 Å². The molecular formula is C12H16O3SSi. The van der Waals surface area contributed by atoms with Crippen molar-refractivity contribution in [1.29, 1.82) is 0 Å². The van der Waals surface area contributed by atoms with Crippen molar-refractivity contribution in [3.05, 3.63) is 29.8 Å². The van der Waals surface area contributed by atoms with E-state index in [0.29, 0.717) is 5.56 Å². The molecule has 0 spiro atoms. The summed E-state index contributed by atoms with van der Waals surface area (Å²) in [5, 5.41) is 0.0300. The van der Waals surface area contributed by atoms with E-state index in [2.05, 4.69) is 0 Å². The van der Waals surface area contributed by atoms with Crippen LogP contribution >= 0.6 is 11.8 Å². The Labute approximate surface area is 107 Å². The third-order valence-electron chi connectivity index (χ3n) is 1.75. The quantitative estimate of drug-likeness (QED) is 0.623. The molecule has 0 saturated carbocycles. The van der Waals surface area contributed by atoms with Gasteiger partial charge in [0.2, 0.25) is 8.32 Å². The first-order valence-corrected chi connectivity index (χ1v) is 9.52. The molecule has 0 saturated heterocycles.